The zero-order valence-electron chi connectivity index (χ0n) is 7.80. The smallest absolute Gasteiger partial charge is 0.326 e. The van der Waals surface area contributed by atoms with E-state index in [-0.39, 0.29) is 5.71 Å². The number of carbonyl (C=O) groups excluding carboxylic acids is 1. The van der Waals surface area contributed by atoms with Crippen LogP contribution in [0.3, 0.4) is 0 Å². The van der Waals surface area contributed by atoms with E-state index in [1.54, 1.807) is 0 Å². The Balaban J connectivity index is 4.49. The third-order valence-electron chi connectivity index (χ3n) is 1.46. The lowest BCUT2D eigenvalue weighted by Gasteiger charge is -2.11. The molecule has 0 aliphatic rings. The number of nitrogens with zero attached hydrogens (tertiary/aromatic N) is 1. The molecule has 0 bridgehead atoms. The van der Waals surface area contributed by atoms with Crippen LogP contribution in [-0.2, 0) is 14.4 Å². The molecule has 0 rings (SSSR count). The maximum atomic E-state index is 11.0. The lowest BCUT2D eigenvalue weighted by molar-refractivity contribution is -0.146. The summed E-state index contributed by atoms with van der Waals surface area (Å²) in [6.45, 7) is 1.15. The number of hydrogen-bond acceptors (Lipinski definition) is 5. The quantitative estimate of drug-likeness (QED) is 0.262. The van der Waals surface area contributed by atoms with Crippen molar-refractivity contribution in [2.45, 2.75) is 19.4 Å². The van der Waals surface area contributed by atoms with E-state index in [1.165, 1.54) is 0 Å². The zero-order valence-corrected chi connectivity index (χ0v) is 7.80. The predicted octanol–water partition coefficient (Wildman–Crippen LogP) is -1.12. The Morgan fingerprint density at radius 2 is 1.87 bits per heavy atom. The summed E-state index contributed by atoms with van der Waals surface area (Å²) in [4.78, 5) is 31.8. The van der Waals surface area contributed by atoms with Crippen LogP contribution >= 0.6 is 0 Å². The molecule has 0 aliphatic carbocycles. The molecule has 0 aromatic heterocycles. The van der Waals surface area contributed by atoms with Crippen LogP contribution < -0.4 is 5.32 Å². The minimum atomic E-state index is -1.55. The van der Waals surface area contributed by atoms with Crippen molar-refractivity contribution in [3.8, 4) is 0 Å². The van der Waals surface area contributed by atoms with Crippen molar-refractivity contribution in [3.05, 3.63) is 0 Å². The first-order chi connectivity index (χ1) is 6.88. The van der Waals surface area contributed by atoms with E-state index in [1.807, 2.05) is 5.32 Å². The molecule has 1 atom stereocenters. The van der Waals surface area contributed by atoms with E-state index in [9.17, 15) is 14.4 Å². The summed E-state index contributed by atoms with van der Waals surface area (Å²) in [5, 5.41) is 29.5. The maximum Gasteiger partial charge on any atom is 0.326 e. The van der Waals surface area contributed by atoms with E-state index in [2.05, 4.69) is 5.16 Å². The molecule has 0 spiro atoms. The van der Waals surface area contributed by atoms with Gasteiger partial charge < -0.3 is 20.7 Å². The minimum Gasteiger partial charge on any atom is -0.481 e. The van der Waals surface area contributed by atoms with Crippen molar-refractivity contribution < 1.29 is 29.8 Å². The van der Waals surface area contributed by atoms with Gasteiger partial charge in [-0.25, -0.2) is 4.79 Å². The monoisotopic (exact) mass is 218 g/mol. The number of carboxylic acid groups (broad SMARTS) is 2. The van der Waals surface area contributed by atoms with Gasteiger partial charge in [0.2, 0.25) is 0 Å². The molecule has 0 saturated carbocycles. The van der Waals surface area contributed by atoms with Gasteiger partial charge in [-0.3, -0.25) is 9.59 Å². The summed E-state index contributed by atoms with van der Waals surface area (Å²) >= 11 is 0. The number of aliphatic carboxylic acids is 2. The average molecular weight is 218 g/mol. The summed E-state index contributed by atoms with van der Waals surface area (Å²) < 4.78 is 0. The fourth-order valence-electron chi connectivity index (χ4n) is 0.683. The molecule has 0 fully saturated rings. The van der Waals surface area contributed by atoms with Crippen LogP contribution in [0.1, 0.15) is 13.3 Å². The SMILES string of the molecule is C/C(=N/O)C(=O)NC(CC(=O)O)C(=O)O. The first kappa shape index (κ1) is 12.9. The van der Waals surface area contributed by atoms with Gasteiger partial charge in [-0.1, -0.05) is 5.16 Å². The highest BCUT2D eigenvalue weighted by Gasteiger charge is 2.23. The van der Waals surface area contributed by atoms with Gasteiger partial charge in [-0.15, -0.1) is 0 Å². The first-order valence-electron chi connectivity index (χ1n) is 3.82. The zero-order chi connectivity index (χ0) is 12.0. The number of amides is 1. The van der Waals surface area contributed by atoms with Crippen molar-refractivity contribution in [1.29, 1.82) is 0 Å². The second-order valence-corrected chi connectivity index (χ2v) is 2.65. The van der Waals surface area contributed by atoms with Crippen molar-refractivity contribution >= 4 is 23.6 Å². The number of carbonyl (C=O) groups is 3. The molecule has 1 unspecified atom stereocenters. The molecular formula is C7H10N2O6. The molecule has 0 aliphatic heterocycles. The molecule has 8 nitrogen and oxygen atoms in total. The van der Waals surface area contributed by atoms with Crippen LogP contribution in [-0.4, -0.2) is 45.0 Å². The number of hydrogen-bond donors (Lipinski definition) is 4. The molecule has 0 aromatic rings. The largest absolute Gasteiger partial charge is 0.481 e. The van der Waals surface area contributed by atoms with E-state index in [4.69, 9.17) is 15.4 Å². The van der Waals surface area contributed by atoms with E-state index in [0.717, 1.165) is 6.92 Å². The number of oxime groups is 1. The highest BCUT2D eigenvalue weighted by Crippen LogP contribution is 1.93. The van der Waals surface area contributed by atoms with Crippen molar-refractivity contribution in [2.75, 3.05) is 0 Å². The van der Waals surface area contributed by atoms with Crippen LogP contribution in [0.5, 0.6) is 0 Å². The Bertz CT molecular complexity index is 311. The Labute approximate surface area is 84.2 Å². The third kappa shape index (κ3) is 4.60. The van der Waals surface area contributed by atoms with E-state index < -0.39 is 30.3 Å². The van der Waals surface area contributed by atoms with Crippen LogP contribution in [0, 0.1) is 0 Å². The molecule has 0 aromatic carbocycles. The summed E-state index contributed by atoms with van der Waals surface area (Å²) in [7, 11) is 0. The summed E-state index contributed by atoms with van der Waals surface area (Å²) in [6, 6.07) is -1.55. The molecule has 84 valence electrons. The fraction of sp³-hybridized carbons (Fsp3) is 0.429. The van der Waals surface area contributed by atoms with E-state index in [0.29, 0.717) is 0 Å². The Kier molecular flexibility index (Phi) is 4.79. The Morgan fingerprint density at radius 1 is 1.33 bits per heavy atom. The standard InChI is InChI=1S/C7H10N2O6/c1-3(9-15)6(12)8-4(7(13)14)2-5(10)11/h4,15H,2H2,1H3,(H,8,12)(H,10,11)(H,13,14)/b9-3-. The molecule has 8 heteroatoms. The molecule has 1 amide bonds. The second-order valence-electron chi connectivity index (χ2n) is 2.65. The van der Waals surface area contributed by atoms with Gasteiger partial charge in [0.1, 0.15) is 11.8 Å². The van der Waals surface area contributed by atoms with Gasteiger partial charge in [0.15, 0.2) is 0 Å². The number of nitrogens with one attached hydrogen (secondary N) is 1. The normalized spacial score (nSPS) is 13.0. The summed E-state index contributed by atoms with van der Waals surface area (Å²) in [5.74, 6) is -3.77. The lowest BCUT2D eigenvalue weighted by Crippen LogP contribution is -2.44. The minimum absolute atomic E-state index is 0.355. The molecule has 15 heavy (non-hydrogen) atoms. The fourth-order valence-corrected chi connectivity index (χ4v) is 0.683. The van der Waals surface area contributed by atoms with Gasteiger partial charge in [-0.2, -0.15) is 0 Å². The third-order valence-corrected chi connectivity index (χ3v) is 1.46. The van der Waals surface area contributed by atoms with Crippen molar-refractivity contribution in [2.24, 2.45) is 5.16 Å². The molecule has 4 N–H and O–H groups in total. The first-order valence-corrected chi connectivity index (χ1v) is 3.82. The van der Waals surface area contributed by atoms with Gasteiger partial charge in [0.25, 0.3) is 5.91 Å². The number of carboxylic acids is 2. The van der Waals surface area contributed by atoms with Crippen molar-refractivity contribution in [3.63, 3.8) is 0 Å². The topological polar surface area (TPSA) is 136 Å². The lowest BCUT2D eigenvalue weighted by atomic mass is 10.2. The van der Waals surface area contributed by atoms with Gasteiger partial charge in [0, 0.05) is 0 Å². The van der Waals surface area contributed by atoms with Gasteiger partial charge in [-0.05, 0) is 6.92 Å². The summed E-state index contributed by atoms with van der Waals surface area (Å²) in [6.07, 6.45) is -0.750. The Morgan fingerprint density at radius 3 is 2.20 bits per heavy atom. The van der Waals surface area contributed by atoms with Gasteiger partial charge in [0.05, 0.1) is 6.42 Å². The highest BCUT2D eigenvalue weighted by molar-refractivity contribution is 6.38. The molecular weight excluding hydrogens is 208 g/mol. The van der Waals surface area contributed by atoms with Crippen LogP contribution in [0.2, 0.25) is 0 Å². The van der Waals surface area contributed by atoms with Crippen LogP contribution in [0.4, 0.5) is 0 Å². The second kappa shape index (κ2) is 5.58. The average Bonchev–Trinajstić information content (AvgIpc) is 2.14. The Hall–Kier alpha value is -2.12. The van der Waals surface area contributed by atoms with E-state index >= 15 is 0 Å². The van der Waals surface area contributed by atoms with Gasteiger partial charge >= 0.3 is 11.9 Å². The number of rotatable bonds is 5. The summed E-state index contributed by atoms with van der Waals surface area (Å²) in [5.41, 5.74) is -0.355. The predicted molar refractivity (Wildman–Crippen MR) is 46.7 cm³/mol. The van der Waals surface area contributed by atoms with Crippen molar-refractivity contribution in [1.82, 2.24) is 5.32 Å². The molecule has 0 saturated heterocycles. The molecule has 0 radical (unpaired) electrons. The van der Waals surface area contributed by atoms with Crippen LogP contribution in [0.25, 0.3) is 0 Å². The highest BCUT2D eigenvalue weighted by atomic mass is 16.4. The van der Waals surface area contributed by atoms with Crippen LogP contribution in [0.15, 0.2) is 5.16 Å². The molecule has 0 heterocycles. The maximum absolute atomic E-state index is 11.0.